The van der Waals surface area contributed by atoms with Crippen molar-refractivity contribution in [1.82, 2.24) is 16.0 Å². The van der Waals surface area contributed by atoms with E-state index in [1.165, 1.54) is 6.92 Å². The number of rotatable bonds is 15. The molecule has 4 amide bonds. The number of nitrogens with zero attached hydrogens (tertiary/aromatic N) is 1. The molecule has 33 heavy (non-hydrogen) atoms. The topological polar surface area (TPSA) is 258 Å². The van der Waals surface area contributed by atoms with Crippen LogP contribution in [0, 0.1) is 5.92 Å². The Balaban J connectivity index is 5.34. The third-order valence-electron chi connectivity index (χ3n) is 4.59. The summed E-state index contributed by atoms with van der Waals surface area (Å²) < 4.78 is 0. The maximum absolute atomic E-state index is 12.9. The standard InChI is InChI=1S/C19H36N8O6/c1-9(2)14(27-15(29)11(20)6-7-13(21)28)17(31)26-12(5-4-8-24-19(22)23)16(30)25-10(3)18(32)33/h9-12,14H,4-8,20H2,1-3H3,(H2,21,28)(H,25,30)(H,26,31)(H,27,29)(H,32,33)(H4,22,23,24). The molecule has 14 heteroatoms. The summed E-state index contributed by atoms with van der Waals surface area (Å²) in [4.78, 5) is 63.5. The van der Waals surface area contributed by atoms with Gasteiger partial charge in [0.1, 0.15) is 18.1 Å². The summed E-state index contributed by atoms with van der Waals surface area (Å²) in [6.45, 7) is 4.83. The zero-order chi connectivity index (χ0) is 25.7. The number of carbonyl (C=O) groups is 5. The largest absolute Gasteiger partial charge is 0.480 e. The Morgan fingerprint density at radius 2 is 1.48 bits per heavy atom. The lowest BCUT2D eigenvalue weighted by molar-refractivity contribution is -0.142. The molecule has 0 saturated heterocycles. The summed E-state index contributed by atoms with van der Waals surface area (Å²) >= 11 is 0. The van der Waals surface area contributed by atoms with Crippen molar-refractivity contribution in [2.75, 3.05) is 6.54 Å². The van der Waals surface area contributed by atoms with Crippen molar-refractivity contribution >= 4 is 35.6 Å². The van der Waals surface area contributed by atoms with Crippen LogP contribution in [0.2, 0.25) is 0 Å². The number of nitrogens with two attached hydrogens (primary N) is 4. The van der Waals surface area contributed by atoms with Gasteiger partial charge >= 0.3 is 5.97 Å². The number of aliphatic carboxylic acids is 1. The third kappa shape index (κ3) is 12.3. The SMILES string of the molecule is CC(NC(=O)C(CCCN=C(N)N)NC(=O)C(NC(=O)C(N)CCC(N)=O)C(C)C)C(=O)O. The molecule has 4 atom stereocenters. The van der Waals surface area contributed by atoms with Crippen LogP contribution in [-0.2, 0) is 24.0 Å². The summed E-state index contributed by atoms with van der Waals surface area (Å²) in [7, 11) is 0. The van der Waals surface area contributed by atoms with Gasteiger partial charge in [-0.3, -0.25) is 29.0 Å². The van der Waals surface area contributed by atoms with E-state index in [1.54, 1.807) is 13.8 Å². The van der Waals surface area contributed by atoms with Gasteiger partial charge in [-0.2, -0.15) is 0 Å². The van der Waals surface area contributed by atoms with Crippen LogP contribution in [0.3, 0.4) is 0 Å². The molecule has 14 nitrogen and oxygen atoms in total. The minimum Gasteiger partial charge on any atom is -0.480 e. The number of aliphatic imine (C=N–C) groups is 1. The Hall–Kier alpha value is -3.42. The molecule has 0 aromatic carbocycles. The van der Waals surface area contributed by atoms with E-state index < -0.39 is 53.8 Å². The molecule has 0 rings (SSSR count). The lowest BCUT2D eigenvalue weighted by atomic mass is 10.0. The second kappa shape index (κ2) is 14.6. The Morgan fingerprint density at radius 3 is 1.97 bits per heavy atom. The summed E-state index contributed by atoms with van der Waals surface area (Å²) in [6.07, 6.45) is 0.343. The van der Waals surface area contributed by atoms with Crippen LogP contribution < -0.4 is 38.9 Å². The van der Waals surface area contributed by atoms with Gasteiger partial charge in [0.05, 0.1) is 6.04 Å². The van der Waals surface area contributed by atoms with E-state index >= 15 is 0 Å². The summed E-state index contributed by atoms with van der Waals surface area (Å²) in [5.41, 5.74) is 21.3. The maximum atomic E-state index is 12.9. The molecule has 0 spiro atoms. The highest BCUT2D eigenvalue weighted by atomic mass is 16.4. The van der Waals surface area contributed by atoms with E-state index in [9.17, 15) is 24.0 Å². The van der Waals surface area contributed by atoms with Gasteiger partial charge in [0.15, 0.2) is 5.96 Å². The highest BCUT2D eigenvalue weighted by Gasteiger charge is 2.30. The fraction of sp³-hybridized carbons (Fsp3) is 0.684. The van der Waals surface area contributed by atoms with Crippen LogP contribution in [0.25, 0.3) is 0 Å². The van der Waals surface area contributed by atoms with Gasteiger partial charge in [0.25, 0.3) is 0 Å². The van der Waals surface area contributed by atoms with Crippen LogP contribution in [0.5, 0.6) is 0 Å². The number of carbonyl (C=O) groups excluding carboxylic acids is 4. The first-order chi connectivity index (χ1) is 15.3. The van der Waals surface area contributed by atoms with Gasteiger partial charge in [-0.15, -0.1) is 0 Å². The monoisotopic (exact) mass is 472 g/mol. The summed E-state index contributed by atoms with van der Waals surface area (Å²) in [5.74, 6) is -4.39. The second-order valence-electron chi connectivity index (χ2n) is 7.92. The van der Waals surface area contributed by atoms with Crippen molar-refractivity contribution in [2.45, 2.75) is 70.6 Å². The molecule has 0 aliphatic rings. The van der Waals surface area contributed by atoms with Crippen molar-refractivity contribution < 1.29 is 29.1 Å². The predicted octanol–water partition coefficient (Wildman–Crippen LogP) is -3.15. The number of nitrogens with one attached hydrogen (secondary N) is 3. The Morgan fingerprint density at radius 1 is 0.879 bits per heavy atom. The van der Waals surface area contributed by atoms with E-state index in [-0.39, 0.29) is 37.7 Å². The Bertz CT molecular complexity index is 738. The average molecular weight is 473 g/mol. The van der Waals surface area contributed by atoms with Gasteiger partial charge in [0, 0.05) is 13.0 Å². The first kappa shape index (κ1) is 29.6. The molecule has 0 radical (unpaired) electrons. The minimum atomic E-state index is -1.24. The van der Waals surface area contributed by atoms with Crippen LogP contribution in [0.4, 0.5) is 0 Å². The number of primary amides is 1. The first-order valence-electron chi connectivity index (χ1n) is 10.5. The molecule has 0 fully saturated rings. The fourth-order valence-corrected chi connectivity index (χ4v) is 2.63. The van der Waals surface area contributed by atoms with E-state index in [0.717, 1.165) is 0 Å². The van der Waals surface area contributed by atoms with Crippen molar-refractivity contribution in [1.29, 1.82) is 0 Å². The molecule has 0 bridgehead atoms. The molecule has 4 unspecified atom stereocenters. The fourth-order valence-electron chi connectivity index (χ4n) is 2.63. The van der Waals surface area contributed by atoms with E-state index in [0.29, 0.717) is 6.42 Å². The third-order valence-corrected chi connectivity index (χ3v) is 4.59. The lowest BCUT2D eigenvalue weighted by Crippen LogP contribution is -2.58. The van der Waals surface area contributed by atoms with E-state index in [4.69, 9.17) is 28.0 Å². The molecule has 0 heterocycles. The highest BCUT2D eigenvalue weighted by Crippen LogP contribution is 2.07. The van der Waals surface area contributed by atoms with Crippen molar-refractivity contribution in [3.8, 4) is 0 Å². The van der Waals surface area contributed by atoms with E-state index in [1.807, 2.05) is 0 Å². The zero-order valence-corrected chi connectivity index (χ0v) is 19.2. The van der Waals surface area contributed by atoms with Crippen LogP contribution in [-0.4, -0.2) is 71.4 Å². The number of guanidine groups is 1. The number of hydrogen-bond acceptors (Lipinski definition) is 7. The van der Waals surface area contributed by atoms with Crippen molar-refractivity contribution in [3.05, 3.63) is 0 Å². The molecule has 0 aromatic rings. The maximum Gasteiger partial charge on any atom is 0.325 e. The van der Waals surface area contributed by atoms with Crippen LogP contribution in [0.15, 0.2) is 4.99 Å². The molecule has 0 aliphatic carbocycles. The molecule has 0 aromatic heterocycles. The minimum absolute atomic E-state index is 0.0104. The van der Waals surface area contributed by atoms with Gasteiger partial charge in [-0.25, -0.2) is 0 Å². The Labute approximate surface area is 192 Å². The average Bonchev–Trinajstić information content (AvgIpc) is 2.71. The molecule has 188 valence electrons. The molecular formula is C19H36N8O6. The molecule has 0 saturated carbocycles. The summed E-state index contributed by atoms with van der Waals surface area (Å²) in [5, 5.41) is 16.4. The van der Waals surface area contributed by atoms with Crippen LogP contribution >= 0.6 is 0 Å². The molecule has 12 N–H and O–H groups in total. The Kier molecular flexibility index (Phi) is 13.1. The predicted molar refractivity (Wildman–Crippen MR) is 120 cm³/mol. The van der Waals surface area contributed by atoms with Gasteiger partial charge in [-0.05, 0) is 32.1 Å². The number of amides is 4. The second-order valence-corrected chi connectivity index (χ2v) is 7.92. The number of carboxylic acids is 1. The van der Waals surface area contributed by atoms with Crippen molar-refractivity contribution in [2.24, 2.45) is 33.8 Å². The lowest BCUT2D eigenvalue weighted by Gasteiger charge is -2.26. The van der Waals surface area contributed by atoms with Gasteiger partial charge in [-0.1, -0.05) is 13.8 Å². The zero-order valence-electron chi connectivity index (χ0n) is 19.2. The normalized spacial score (nSPS) is 14.3. The molecule has 0 aliphatic heterocycles. The first-order valence-corrected chi connectivity index (χ1v) is 10.5. The van der Waals surface area contributed by atoms with Crippen molar-refractivity contribution in [3.63, 3.8) is 0 Å². The number of carboxylic acid groups (broad SMARTS) is 1. The summed E-state index contributed by atoms with van der Waals surface area (Å²) in [6, 6.07) is -4.38. The van der Waals surface area contributed by atoms with Crippen LogP contribution in [0.1, 0.15) is 46.5 Å². The molecular weight excluding hydrogens is 436 g/mol. The van der Waals surface area contributed by atoms with Gasteiger partial charge in [0.2, 0.25) is 23.6 Å². The quantitative estimate of drug-likeness (QED) is 0.0678. The number of hydrogen-bond donors (Lipinski definition) is 8. The highest BCUT2D eigenvalue weighted by molar-refractivity contribution is 5.94. The van der Waals surface area contributed by atoms with Gasteiger partial charge < -0.3 is 44.0 Å². The van der Waals surface area contributed by atoms with E-state index in [2.05, 4.69) is 20.9 Å². The smallest absolute Gasteiger partial charge is 0.325 e.